The van der Waals surface area contributed by atoms with Crippen LogP contribution >= 0.6 is 0 Å². The van der Waals surface area contributed by atoms with Gasteiger partial charge in [-0.15, -0.1) is 0 Å². The van der Waals surface area contributed by atoms with Crippen LogP contribution in [0.1, 0.15) is 27.7 Å². The third kappa shape index (κ3) is 7.54. The second-order valence-electron chi connectivity index (χ2n) is 3.73. The third-order valence-electron chi connectivity index (χ3n) is 1.38. The number of nitrogens with one attached hydrogen (secondary N) is 2. The highest BCUT2D eigenvalue weighted by Crippen LogP contribution is 1.86. The van der Waals surface area contributed by atoms with Crippen LogP contribution < -0.4 is 10.6 Å². The van der Waals surface area contributed by atoms with Gasteiger partial charge >= 0.3 is 0 Å². The Hall–Kier alpha value is -0.570. The maximum atomic E-state index is 11.1. The number of carbonyl (C=O) groups excluding carboxylic acids is 1. The first-order valence-electron chi connectivity index (χ1n) is 4.52. The lowest BCUT2D eigenvalue weighted by molar-refractivity contribution is -0.120. The molecule has 12 heavy (non-hydrogen) atoms. The molecule has 0 aromatic carbocycles. The lowest BCUT2D eigenvalue weighted by Gasteiger charge is -2.09. The summed E-state index contributed by atoms with van der Waals surface area (Å²) in [6, 6.07) is 0.370. The topological polar surface area (TPSA) is 41.1 Å². The summed E-state index contributed by atoms with van der Waals surface area (Å²) in [7, 11) is 0. The zero-order chi connectivity index (χ0) is 9.56. The van der Waals surface area contributed by atoms with Crippen molar-refractivity contribution in [3.8, 4) is 0 Å². The molecule has 1 amide bonds. The molecule has 0 aliphatic rings. The van der Waals surface area contributed by atoms with E-state index in [-0.39, 0.29) is 5.91 Å². The predicted octanol–water partition coefficient (Wildman–Crippen LogP) is 0.757. The van der Waals surface area contributed by atoms with Gasteiger partial charge in [-0.2, -0.15) is 0 Å². The Morgan fingerprint density at radius 3 is 2.25 bits per heavy atom. The van der Waals surface area contributed by atoms with Crippen LogP contribution in [0.15, 0.2) is 0 Å². The molecule has 0 saturated heterocycles. The van der Waals surface area contributed by atoms with Crippen LogP contribution in [-0.2, 0) is 4.79 Å². The molecule has 0 fully saturated rings. The van der Waals surface area contributed by atoms with E-state index < -0.39 is 0 Å². The predicted molar refractivity (Wildman–Crippen MR) is 51.0 cm³/mol. The molecule has 0 saturated carbocycles. The van der Waals surface area contributed by atoms with E-state index in [1.54, 1.807) is 0 Å². The van der Waals surface area contributed by atoms with Crippen molar-refractivity contribution in [3.05, 3.63) is 0 Å². The summed E-state index contributed by atoms with van der Waals surface area (Å²) in [6.45, 7) is 9.39. The van der Waals surface area contributed by atoms with Crippen LogP contribution in [0.5, 0.6) is 0 Å². The van der Waals surface area contributed by atoms with E-state index in [9.17, 15) is 4.79 Å². The van der Waals surface area contributed by atoms with E-state index in [1.165, 1.54) is 0 Å². The van der Waals surface area contributed by atoms with Gasteiger partial charge in [0.05, 0.1) is 6.54 Å². The van der Waals surface area contributed by atoms with Crippen LogP contribution in [0.2, 0.25) is 0 Å². The van der Waals surface area contributed by atoms with Crippen molar-refractivity contribution in [2.24, 2.45) is 5.92 Å². The molecule has 0 aliphatic carbocycles. The van der Waals surface area contributed by atoms with E-state index in [0.29, 0.717) is 18.5 Å². The van der Waals surface area contributed by atoms with E-state index in [4.69, 9.17) is 0 Å². The summed E-state index contributed by atoms with van der Waals surface area (Å²) in [6.07, 6.45) is 0. The summed E-state index contributed by atoms with van der Waals surface area (Å²) < 4.78 is 0. The Kier molecular flexibility index (Phi) is 5.72. The average Bonchev–Trinajstić information content (AvgIpc) is 1.96. The molecule has 3 heteroatoms. The van der Waals surface area contributed by atoms with Crippen LogP contribution in [-0.4, -0.2) is 25.0 Å². The molecule has 2 N–H and O–H groups in total. The monoisotopic (exact) mass is 172 g/mol. The second kappa shape index (κ2) is 6.00. The van der Waals surface area contributed by atoms with E-state index in [0.717, 1.165) is 6.54 Å². The standard InChI is InChI=1S/C9H20N2O/c1-7(2)5-11-9(12)6-10-8(3)4/h7-8,10H,5-6H2,1-4H3,(H,11,12). The molecule has 0 bridgehead atoms. The van der Waals surface area contributed by atoms with Crippen molar-refractivity contribution in [1.29, 1.82) is 0 Å². The van der Waals surface area contributed by atoms with E-state index in [1.807, 2.05) is 13.8 Å². The molecule has 0 rings (SSSR count). The van der Waals surface area contributed by atoms with Crippen molar-refractivity contribution in [2.45, 2.75) is 33.7 Å². The fraction of sp³-hybridized carbons (Fsp3) is 0.889. The van der Waals surface area contributed by atoms with Crippen molar-refractivity contribution in [2.75, 3.05) is 13.1 Å². The first-order chi connectivity index (χ1) is 5.52. The van der Waals surface area contributed by atoms with Crippen LogP contribution in [0, 0.1) is 5.92 Å². The van der Waals surface area contributed by atoms with Gasteiger partial charge in [-0.25, -0.2) is 0 Å². The second-order valence-corrected chi connectivity index (χ2v) is 3.73. The Balaban J connectivity index is 3.34. The number of amides is 1. The van der Waals surface area contributed by atoms with Gasteiger partial charge in [-0.05, 0) is 5.92 Å². The van der Waals surface area contributed by atoms with E-state index >= 15 is 0 Å². The first kappa shape index (κ1) is 11.4. The molecule has 0 radical (unpaired) electrons. The van der Waals surface area contributed by atoms with Crippen LogP contribution in [0.25, 0.3) is 0 Å². The molecule has 3 nitrogen and oxygen atoms in total. The number of rotatable bonds is 5. The molecule has 0 atom stereocenters. The molecule has 0 aromatic heterocycles. The quantitative estimate of drug-likeness (QED) is 0.642. The summed E-state index contributed by atoms with van der Waals surface area (Å²) in [5.41, 5.74) is 0. The van der Waals surface area contributed by atoms with E-state index in [2.05, 4.69) is 24.5 Å². The van der Waals surface area contributed by atoms with Gasteiger partial charge in [0.2, 0.25) is 5.91 Å². The lowest BCUT2D eigenvalue weighted by atomic mass is 10.2. The summed E-state index contributed by atoms with van der Waals surface area (Å²) in [5, 5.41) is 5.89. The molecule has 0 unspecified atom stereocenters. The minimum Gasteiger partial charge on any atom is -0.355 e. The fourth-order valence-corrected chi connectivity index (χ4v) is 0.677. The Morgan fingerprint density at radius 2 is 1.83 bits per heavy atom. The highest BCUT2D eigenvalue weighted by atomic mass is 16.1. The van der Waals surface area contributed by atoms with Gasteiger partial charge in [-0.3, -0.25) is 4.79 Å². The molecular weight excluding hydrogens is 152 g/mol. The fourth-order valence-electron chi connectivity index (χ4n) is 0.677. The molecule has 0 spiro atoms. The normalized spacial score (nSPS) is 10.8. The van der Waals surface area contributed by atoms with Gasteiger partial charge in [0, 0.05) is 12.6 Å². The first-order valence-corrected chi connectivity index (χ1v) is 4.52. The van der Waals surface area contributed by atoms with Gasteiger partial charge in [0.15, 0.2) is 0 Å². The largest absolute Gasteiger partial charge is 0.355 e. The summed E-state index contributed by atoms with van der Waals surface area (Å²) in [4.78, 5) is 11.1. The summed E-state index contributed by atoms with van der Waals surface area (Å²) in [5.74, 6) is 0.602. The van der Waals surface area contributed by atoms with Crippen molar-refractivity contribution in [1.82, 2.24) is 10.6 Å². The Bertz CT molecular complexity index is 118. The Morgan fingerprint density at radius 1 is 1.25 bits per heavy atom. The third-order valence-corrected chi connectivity index (χ3v) is 1.38. The van der Waals surface area contributed by atoms with Crippen molar-refractivity contribution in [3.63, 3.8) is 0 Å². The molecule has 0 aliphatic heterocycles. The Labute approximate surface area is 74.9 Å². The molecule has 0 heterocycles. The van der Waals surface area contributed by atoms with Crippen LogP contribution in [0.3, 0.4) is 0 Å². The molecular formula is C9H20N2O. The minimum absolute atomic E-state index is 0.0809. The van der Waals surface area contributed by atoms with Crippen LogP contribution in [0.4, 0.5) is 0 Å². The zero-order valence-corrected chi connectivity index (χ0v) is 8.48. The van der Waals surface area contributed by atoms with Gasteiger partial charge < -0.3 is 10.6 Å². The lowest BCUT2D eigenvalue weighted by Crippen LogP contribution is -2.38. The van der Waals surface area contributed by atoms with Crippen molar-refractivity contribution < 1.29 is 4.79 Å². The maximum absolute atomic E-state index is 11.1. The minimum atomic E-state index is 0.0809. The highest BCUT2D eigenvalue weighted by Gasteiger charge is 2.01. The number of hydrogen-bond acceptors (Lipinski definition) is 2. The van der Waals surface area contributed by atoms with Gasteiger partial charge in [0.1, 0.15) is 0 Å². The molecule has 72 valence electrons. The smallest absolute Gasteiger partial charge is 0.233 e. The van der Waals surface area contributed by atoms with Crippen molar-refractivity contribution >= 4 is 5.91 Å². The SMILES string of the molecule is CC(C)CNC(=O)CNC(C)C. The summed E-state index contributed by atoms with van der Waals surface area (Å²) >= 11 is 0. The zero-order valence-electron chi connectivity index (χ0n) is 8.48. The highest BCUT2D eigenvalue weighted by molar-refractivity contribution is 5.77. The van der Waals surface area contributed by atoms with Gasteiger partial charge in [0.25, 0.3) is 0 Å². The number of carbonyl (C=O) groups is 1. The van der Waals surface area contributed by atoms with Gasteiger partial charge in [-0.1, -0.05) is 27.7 Å². The maximum Gasteiger partial charge on any atom is 0.233 e. The number of hydrogen-bond donors (Lipinski definition) is 2. The average molecular weight is 172 g/mol. The molecule has 0 aromatic rings.